The van der Waals surface area contributed by atoms with Gasteiger partial charge in [-0.15, -0.1) is 0 Å². The minimum Gasteiger partial charge on any atom is -0.464 e. The Morgan fingerprint density at radius 1 is 1.41 bits per heavy atom. The largest absolute Gasteiger partial charge is 0.464 e. The minimum atomic E-state index is 0.810. The van der Waals surface area contributed by atoms with Crippen molar-refractivity contribution in [3.8, 4) is 0 Å². The summed E-state index contributed by atoms with van der Waals surface area (Å²) in [4.78, 5) is 0. The molecule has 0 spiro atoms. The van der Waals surface area contributed by atoms with Gasteiger partial charge in [-0.1, -0.05) is 6.42 Å². The molecule has 1 atom stereocenters. The van der Waals surface area contributed by atoms with Crippen molar-refractivity contribution in [2.45, 2.75) is 36.8 Å². The molecule has 17 heavy (non-hydrogen) atoms. The Kier molecular flexibility index (Phi) is 5.81. The predicted molar refractivity (Wildman–Crippen MR) is 77.7 cm³/mol. The van der Waals surface area contributed by atoms with E-state index in [4.69, 9.17) is 4.42 Å². The molecule has 2 rings (SSSR count). The van der Waals surface area contributed by atoms with Crippen LogP contribution in [0.3, 0.4) is 0 Å². The first-order valence-electron chi connectivity index (χ1n) is 6.27. The van der Waals surface area contributed by atoms with Crippen LogP contribution in [0.25, 0.3) is 0 Å². The van der Waals surface area contributed by atoms with Crippen molar-refractivity contribution in [2.75, 3.05) is 18.6 Å². The smallest absolute Gasteiger partial charge is 0.118 e. The van der Waals surface area contributed by atoms with Crippen LogP contribution in [0.5, 0.6) is 0 Å². The molecule has 0 radical (unpaired) electrons. The van der Waals surface area contributed by atoms with Crippen LogP contribution < -0.4 is 5.32 Å². The van der Waals surface area contributed by atoms with Gasteiger partial charge in [0, 0.05) is 11.8 Å². The van der Waals surface area contributed by atoms with Gasteiger partial charge in [0.15, 0.2) is 0 Å². The Bertz CT molecular complexity index is 321. The van der Waals surface area contributed by atoms with Crippen LogP contribution in [0.4, 0.5) is 0 Å². The number of rotatable bonds is 6. The first-order chi connectivity index (χ1) is 8.38. The average molecular weight is 271 g/mol. The fourth-order valence-electron chi connectivity index (χ4n) is 2.06. The third-order valence-corrected chi connectivity index (χ3v) is 4.92. The summed E-state index contributed by atoms with van der Waals surface area (Å²) in [5, 5.41) is 4.32. The first kappa shape index (κ1) is 13.4. The van der Waals surface area contributed by atoms with Crippen molar-refractivity contribution in [3.05, 3.63) is 23.7 Å². The van der Waals surface area contributed by atoms with Gasteiger partial charge >= 0.3 is 0 Å². The molecule has 0 aromatic carbocycles. The second-order valence-corrected chi connectivity index (χ2v) is 6.69. The molecule has 1 N–H and O–H groups in total. The molecule has 1 aliphatic heterocycles. The molecule has 0 aliphatic carbocycles. The second-order valence-electron chi connectivity index (χ2n) is 4.42. The van der Waals surface area contributed by atoms with Crippen molar-refractivity contribution in [1.82, 2.24) is 5.32 Å². The average Bonchev–Trinajstić information content (AvgIpc) is 2.79. The number of furan rings is 1. The zero-order valence-corrected chi connectivity index (χ0v) is 12.0. The summed E-state index contributed by atoms with van der Waals surface area (Å²) in [5.74, 6) is 4.46. The van der Waals surface area contributed by atoms with Gasteiger partial charge in [0.25, 0.3) is 0 Å². The highest BCUT2D eigenvalue weighted by molar-refractivity contribution is 8.00. The monoisotopic (exact) mass is 271 g/mol. The summed E-state index contributed by atoms with van der Waals surface area (Å²) in [6.45, 7) is 1.98. The summed E-state index contributed by atoms with van der Waals surface area (Å²) >= 11 is 3.91. The Hall–Kier alpha value is -0.0600. The highest BCUT2D eigenvalue weighted by Gasteiger charge is 2.13. The van der Waals surface area contributed by atoms with Crippen LogP contribution in [0.15, 0.2) is 16.5 Å². The normalized spacial score (nSPS) is 20.6. The lowest BCUT2D eigenvalue weighted by atomic mass is 10.2. The van der Waals surface area contributed by atoms with Gasteiger partial charge in [-0.25, -0.2) is 0 Å². The molecule has 1 aromatic rings. The van der Waals surface area contributed by atoms with E-state index >= 15 is 0 Å². The highest BCUT2D eigenvalue weighted by Crippen LogP contribution is 2.24. The van der Waals surface area contributed by atoms with Crippen LogP contribution in [-0.4, -0.2) is 23.8 Å². The summed E-state index contributed by atoms with van der Waals surface area (Å²) < 4.78 is 5.72. The van der Waals surface area contributed by atoms with Crippen LogP contribution in [0.1, 0.15) is 30.8 Å². The molecular formula is C13H21NOS2. The lowest BCUT2D eigenvalue weighted by molar-refractivity contribution is 0.456. The fourth-order valence-corrected chi connectivity index (χ4v) is 3.77. The molecule has 1 unspecified atom stereocenters. The van der Waals surface area contributed by atoms with Gasteiger partial charge in [-0.2, -0.15) is 23.5 Å². The maximum absolute atomic E-state index is 5.72. The summed E-state index contributed by atoms with van der Waals surface area (Å²) in [6, 6.07) is 4.18. The van der Waals surface area contributed by atoms with Gasteiger partial charge in [0.2, 0.25) is 0 Å². The van der Waals surface area contributed by atoms with Crippen molar-refractivity contribution >= 4 is 23.5 Å². The van der Waals surface area contributed by atoms with Crippen LogP contribution in [0, 0.1) is 0 Å². The molecule has 1 aromatic heterocycles. The molecule has 4 heteroatoms. The maximum atomic E-state index is 5.72. The topological polar surface area (TPSA) is 25.2 Å². The molecule has 0 amide bonds. The lowest BCUT2D eigenvalue weighted by Crippen LogP contribution is -2.26. The highest BCUT2D eigenvalue weighted by atomic mass is 32.2. The predicted octanol–water partition coefficient (Wildman–Crippen LogP) is 3.52. The van der Waals surface area contributed by atoms with E-state index in [9.17, 15) is 0 Å². The van der Waals surface area contributed by atoms with E-state index < -0.39 is 0 Å². The summed E-state index contributed by atoms with van der Waals surface area (Å²) in [5.41, 5.74) is 0. The van der Waals surface area contributed by atoms with Gasteiger partial charge in [0.1, 0.15) is 11.5 Å². The van der Waals surface area contributed by atoms with E-state index in [1.165, 1.54) is 25.0 Å². The minimum absolute atomic E-state index is 0.810. The van der Waals surface area contributed by atoms with E-state index in [2.05, 4.69) is 35.5 Å². The number of thioether (sulfide) groups is 2. The van der Waals surface area contributed by atoms with E-state index in [-0.39, 0.29) is 0 Å². The van der Waals surface area contributed by atoms with Gasteiger partial charge < -0.3 is 9.73 Å². The quantitative estimate of drug-likeness (QED) is 0.856. The maximum Gasteiger partial charge on any atom is 0.118 e. The molecular weight excluding hydrogens is 250 g/mol. The molecule has 0 bridgehead atoms. The zero-order chi connectivity index (χ0) is 11.9. The van der Waals surface area contributed by atoms with Gasteiger partial charge in [-0.05, 0) is 37.0 Å². The Morgan fingerprint density at radius 3 is 3.06 bits per heavy atom. The van der Waals surface area contributed by atoms with E-state index in [0.29, 0.717) is 0 Å². The lowest BCUT2D eigenvalue weighted by Gasteiger charge is -2.21. The number of nitrogens with one attached hydrogen (secondary N) is 1. The number of hydrogen-bond acceptors (Lipinski definition) is 4. The first-order valence-corrected chi connectivity index (χ1v) is 8.71. The molecule has 1 fully saturated rings. The zero-order valence-electron chi connectivity index (χ0n) is 10.4. The standard InChI is InChI=1S/C13H21NOS2/c1-16-10-12-6-5-11(15-12)8-14-9-13-4-2-3-7-17-13/h5-6,13-14H,2-4,7-10H2,1H3. The van der Waals surface area contributed by atoms with Crippen LogP contribution in [0.2, 0.25) is 0 Å². The number of hydrogen-bond donors (Lipinski definition) is 1. The van der Waals surface area contributed by atoms with Gasteiger partial charge in [0.05, 0.1) is 12.3 Å². The van der Waals surface area contributed by atoms with E-state index in [1.54, 1.807) is 11.8 Å². The third kappa shape index (κ3) is 4.60. The Balaban J connectivity index is 1.66. The Labute approximate surface area is 112 Å². The van der Waals surface area contributed by atoms with Gasteiger partial charge in [-0.3, -0.25) is 0 Å². The molecule has 0 saturated carbocycles. The van der Waals surface area contributed by atoms with Crippen molar-refractivity contribution in [3.63, 3.8) is 0 Å². The van der Waals surface area contributed by atoms with Crippen LogP contribution in [-0.2, 0) is 12.3 Å². The van der Waals surface area contributed by atoms with E-state index in [0.717, 1.165) is 35.6 Å². The molecule has 2 heterocycles. The molecule has 1 saturated heterocycles. The summed E-state index contributed by atoms with van der Waals surface area (Å²) in [6.07, 6.45) is 6.27. The van der Waals surface area contributed by atoms with Crippen molar-refractivity contribution < 1.29 is 4.42 Å². The van der Waals surface area contributed by atoms with Crippen LogP contribution >= 0.6 is 23.5 Å². The van der Waals surface area contributed by atoms with E-state index in [1.807, 2.05) is 0 Å². The van der Waals surface area contributed by atoms with Crippen molar-refractivity contribution in [1.29, 1.82) is 0 Å². The molecule has 2 nitrogen and oxygen atoms in total. The Morgan fingerprint density at radius 2 is 2.29 bits per heavy atom. The molecule has 1 aliphatic rings. The summed E-state index contributed by atoms with van der Waals surface area (Å²) in [7, 11) is 0. The SMILES string of the molecule is CSCc1ccc(CNCC2CCCCS2)o1. The second kappa shape index (κ2) is 7.39. The third-order valence-electron chi connectivity index (χ3n) is 2.95. The fraction of sp³-hybridized carbons (Fsp3) is 0.692. The molecule has 96 valence electrons. The van der Waals surface area contributed by atoms with Crippen molar-refractivity contribution in [2.24, 2.45) is 0 Å².